The van der Waals surface area contributed by atoms with Crippen molar-refractivity contribution in [3.8, 4) is 0 Å². The number of rotatable bonds is 3. The second kappa shape index (κ2) is 5.79. The van der Waals surface area contributed by atoms with Gasteiger partial charge >= 0.3 is 0 Å². The van der Waals surface area contributed by atoms with E-state index in [1.54, 1.807) is 0 Å². The zero-order chi connectivity index (χ0) is 14.9. The lowest BCUT2D eigenvalue weighted by molar-refractivity contribution is 0.212. The first-order valence-corrected chi connectivity index (χ1v) is 8.19. The van der Waals surface area contributed by atoms with E-state index in [1.807, 2.05) is 6.92 Å². The highest BCUT2D eigenvalue weighted by Gasteiger charge is 2.33. The molecule has 4 nitrogen and oxygen atoms in total. The van der Waals surface area contributed by atoms with Crippen molar-refractivity contribution in [3.63, 3.8) is 0 Å². The van der Waals surface area contributed by atoms with Crippen molar-refractivity contribution in [3.05, 3.63) is 29.6 Å². The SMILES string of the molecule is CC1CCN(S(=O)(=O)c2cc(CO)ccc2F)CC1C. The van der Waals surface area contributed by atoms with Crippen molar-refractivity contribution >= 4 is 10.0 Å². The molecule has 0 aromatic heterocycles. The first-order valence-electron chi connectivity index (χ1n) is 6.75. The summed E-state index contributed by atoms with van der Waals surface area (Å²) in [7, 11) is -3.83. The fourth-order valence-corrected chi connectivity index (χ4v) is 4.10. The number of hydrogen-bond acceptors (Lipinski definition) is 3. The third-order valence-corrected chi connectivity index (χ3v) is 5.97. The Morgan fingerprint density at radius 3 is 2.65 bits per heavy atom. The average molecular weight is 301 g/mol. The van der Waals surface area contributed by atoms with Crippen LogP contribution in [0, 0.1) is 17.7 Å². The topological polar surface area (TPSA) is 57.6 Å². The number of piperidine rings is 1. The molecule has 1 fully saturated rings. The van der Waals surface area contributed by atoms with E-state index in [0.29, 0.717) is 24.6 Å². The summed E-state index contributed by atoms with van der Waals surface area (Å²) in [6.45, 7) is 4.62. The lowest BCUT2D eigenvalue weighted by Gasteiger charge is -2.34. The molecule has 1 N–H and O–H groups in total. The van der Waals surface area contributed by atoms with Gasteiger partial charge in [0.15, 0.2) is 0 Å². The van der Waals surface area contributed by atoms with Gasteiger partial charge in [-0.15, -0.1) is 0 Å². The van der Waals surface area contributed by atoms with Crippen LogP contribution in [0.5, 0.6) is 0 Å². The Balaban J connectivity index is 2.35. The highest BCUT2D eigenvalue weighted by Crippen LogP contribution is 2.28. The molecule has 1 aliphatic rings. The first-order chi connectivity index (χ1) is 9.36. The predicted octanol–water partition coefficient (Wildman–Crippen LogP) is 1.98. The summed E-state index contributed by atoms with van der Waals surface area (Å²) in [6, 6.07) is 3.69. The van der Waals surface area contributed by atoms with Crippen molar-refractivity contribution < 1.29 is 17.9 Å². The summed E-state index contributed by atoms with van der Waals surface area (Å²) in [5.41, 5.74) is 0.392. The van der Waals surface area contributed by atoms with Gasteiger partial charge in [0.05, 0.1) is 6.61 Å². The molecule has 1 aliphatic heterocycles. The van der Waals surface area contributed by atoms with Crippen molar-refractivity contribution in [1.29, 1.82) is 0 Å². The molecule has 0 saturated carbocycles. The number of nitrogens with zero attached hydrogens (tertiary/aromatic N) is 1. The highest BCUT2D eigenvalue weighted by atomic mass is 32.2. The van der Waals surface area contributed by atoms with E-state index in [2.05, 4.69) is 6.92 Å². The van der Waals surface area contributed by atoms with Gasteiger partial charge in [0.25, 0.3) is 0 Å². The van der Waals surface area contributed by atoms with Crippen LogP contribution in [0.15, 0.2) is 23.1 Å². The molecular weight excluding hydrogens is 281 g/mol. The van der Waals surface area contributed by atoms with Crippen LogP contribution < -0.4 is 0 Å². The largest absolute Gasteiger partial charge is 0.392 e. The zero-order valence-electron chi connectivity index (χ0n) is 11.7. The maximum Gasteiger partial charge on any atom is 0.246 e. The van der Waals surface area contributed by atoms with E-state index in [4.69, 9.17) is 5.11 Å². The first kappa shape index (κ1) is 15.4. The summed E-state index contributed by atoms with van der Waals surface area (Å²) in [5, 5.41) is 9.07. The van der Waals surface area contributed by atoms with Gasteiger partial charge in [0.1, 0.15) is 10.7 Å². The molecule has 1 heterocycles. The van der Waals surface area contributed by atoms with Gasteiger partial charge in [0.2, 0.25) is 10.0 Å². The minimum atomic E-state index is -3.83. The molecule has 1 aromatic rings. The Morgan fingerprint density at radius 2 is 2.05 bits per heavy atom. The van der Waals surface area contributed by atoms with Gasteiger partial charge in [-0.05, 0) is 36.0 Å². The Morgan fingerprint density at radius 1 is 1.35 bits per heavy atom. The van der Waals surface area contributed by atoms with Crippen LogP contribution >= 0.6 is 0 Å². The molecule has 112 valence electrons. The highest BCUT2D eigenvalue weighted by molar-refractivity contribution is 7.89. The molecular formula is C14H20FNO3S. The van der Waals surface area contributed by atoms with Gasteiger partial charge < -0.3 is 5.11 Å². The fourth-order valence-electron chi connectivity index (χ4n) is 2.43. The Bertz CT molecular complexity index is 588. The van der Waals surface area contributed by atoms with E-state index < -0.39 is 15.8 Å². The number of benzene rings is 1. The third kappa shape index (κ3) is 2.87. The molecule has 2 rings (SSSR count). The summed E-state index contributed by atoms with van der Waals surface area (Å²) >= 11 is 0. The van der Waals surface area contributed by atoms with Gasteiger partial charge in [-0.25, -0.2) is 12.8 Å². The average Bonchev–Trinajstić information content (AvgIpc) is 2.42. The Hall–Kier alpha value is -0.980. The fraction of sp³-hybridized carbons (Fsp3) is 0.571. The van der Waals surface area contributed by atoms with Crippen LogP contribution in [0.3, 0.4) is 0 Å². The molecule has 2 unspecified atom stereocenters. The summed E-state index contributed by atoms with van der Waals surface area (Å²) in [6.07, 6.45) is 0.779. The van der Waals surface area contributed by atoms with Gasteiger partial charge in [-0.1, -0.05) is 19.9 Å². The standard InChI is InChI=1S/C14H20FNO3S/c1-10-5-6-16(8-11(10)2)20(18,19)14-7-12(9-17)3-4-13(14)15/h3-4,7,10-11,17H,5-6,8-9H2,1-2H3. The van der Waals surface area contributed by atoms with Crippen LogP contribution in [0.1, 0.15) is 25.8 Å². The van der Waals surface area contributed by atoms with Crippen molar-refractivity contribution in [1.82, 2.24) is 4.31 Å². The van der Waals surface area contributed by atoms with Crippen molar-refractivity contribution in [2.45, 2.75) is 31.8 Å². The van der Waals surface area contributed by atoms with Crippen LogP contribution in [-0.2, 0) is 16.6 Å². The number of sulfonamides is 1. The molecule has 0 radical (unpaired) electrons. The maximum absolute atomic E-state index is 13.8. The molecule has 0 spiro atoms. The van der Waals surface area contributed by atoms with Crippen LogP contribution in [-0.4, -0.2) is 30.9 Å². The lowest BCUT2D eigenvalue weighted by atomic mass is 9.90. The zero-order valence-corrected chi connectivity index (χ0v) is 12.5. The monoisotopic (exact) mass is 301 g/mol. The van der Waals surface area contributed by atoms with E-state index in [0.717, 1.165) is 12.5 Å². The predicted molar refractivity (Wildman–Crippen MR) is 74.0 cm³/mol. The van der Waals surface area contributed by atoms with E-state index in [-0.39, 0.29) is 17.4 Å². The lowest BCUT2D eigenvalue weighted by Crippen LogP contribution is -2.42. The summed E-state index contributed by atoms with van der Waals surface area (Å²) in [4.78, 5) is -0.342. The minimum absolute atomic E-state index is 0.252. The molecule has 2 atom stereocenters. The summed E-state index contributed by atoms with van der Waals surface area (Å²) in [5.74, 6) is -0.0499. The normalized spacial score (nSPS) is 24.8. The minimum Gasteiger partial charge on any atom is -0.392 e. The third-order valence-electron chi connectivity index (χ3n) is 4.09. The molecule has 0 amide bonds. The Labute approximate surface area is 119 Å². The van der Waals surface area contributed by atoms with Gasteiger partial charge in [-0.2, -0.15) is 4.31 Å². The van der Waals surface area contributed by atoms with Gasteiger partial charge in [0, 0.05) is 13.1 Å². The molecule has 1 aromatic carbocycles. The number of aliphatic hydroxyl groups is 1. The van der Waals surface area contributed by atoms with E-state index in [1.165, 1.54) is 16.4 Å². The molecule has 1 saturated heterocycles. The number of halogens is 1. The number of aliphatic hydroxyl groups excluding tert-OH is 1. The Kier molecular flexibility index (Phi) is 4.46. The van der Waals surface area contributed by atoms with E-state index >= 15 is 0 Å². The molecule has 0 aliphatic carbocycles. The van der Waals surface area contributed by atoms with Gasteiger partial charge in [-0.3, -0.25) is 0 Å². The maximum atomic E-state index is 13.8. The van der Waals surface area contributed by atoms with E-state index in [9.17, 15) is 12.8 Å². The van der Waals surface area contributed by atoms with Crippen LogP contribution in [0.25, 0.3) is 0 Å². The van der Waals surface area contributed by atoms with Crippen molar-refractivity contribution in [2.24, 2.45) is 11.8 Å². The quantitative estimate of drug-likeness (QED) is 0.929. The number of hydrogen-bond donors (Lipinski definition) is 1. The second-order valence-electron chi connectivity index (χ2n) is 5.53. The van der Waals surface area contributed by atoms with Crippen LogP contribution in [0.4, 0.5) is 4.39 Å². The van der Waals surface area contributed by atoms with Crippen LogP contribution in [0.2, 0.25) is 0 Å². The molecule has 6 heteroatoms. The molecule has 0 bridgehead atoms. The second-order valence-corrected chi connectivity index (χ2v) is 7.44. The molecule has 20 heavy (non-hydrogen) atoms. The summed E-state index contributed by atoms with van der Waals surface area (Å²) < 4.78 is 40.3. The van der Waals surface area contributed by atoms with Crippen molar-refractivity contribution in [2.75, 3.05) is 13.1 Å². The smallest absolute Gasteiger partial charge is 0.246 e.